The Morgan fingerprint density at radius 2 is 1.52 bits per heavy atom. The Bertz CT molecular complexity index is 1090. The van der Waals surface area contributed by atoms with E-state index >= 15 is 0 Å². The predicted molar refractivity (Wildman–Crippen MR) is 124 cm³/mol. The van der Waals surface area contributed by atoms with Gasteiger partial charge in [0.25, 0.3) is 0 Å². The third-order valence-corrected chi connectivity index (χ3v) is 6.15. The second-order valence-corrected chi connectivity index (χ2v) is 8.49. The molecule has 1 aliphatic rings. The van der Waals surface area contributed by atoms with Gasteiger partial charge in [-0.2, -0.15) is 0 Å². The van der Waals surface area contributed by atoms with Crippen LogP contribution in [-0.4, -0.2) is 38.5 Å². The number of hydrogen-bond acceptors (Lipinski definition) is 2. The molecule has 2 nitrogen and oxygen atoms in total. The molecule has 0 radical (unpaired) electrons. The maximum absolute atomic E-state index is 2.31. The molecule has 0 aliphatic heterocycles. The first-order valence-corrected chi connectivity index (χ1v) is 10.3. The second-order valence-electron chi connectivity index (χ2n) is 7.41. The van der Waals surface area contributed by atoms with E-state index in [4.69, 9.17) is 0 Å². The van der Waals surface area contributed by atoms with Gasteiger partial charge in [0.1, 0.15) is 14.1 Å². The zero-order chi connectivity index (χ0) is 19.7. The Morgan fingerprint density at radius 1 is 0.862 bits per heavy atom. The standard InChI is InChI=1S/C25H25N2S.ClH/c1-26(2)21-13-9-18(10-14-21)25(19-11-15-22(16-12-19)27(3)4)24-17-20-7-5-6-8-23(20)28-24;/h5-17H,1-4H3;1H/q+1;/p-1. The fourth-order valence-corrected chi connectivity index (χ4v) is 4.56. The molecule has 0 amide bonds. The van der Waals surface area contributed by atoms with Crippen molar-refractivity contribution in [1.29, 1.82) is 0 Å². The van der Waals surface area contributed by atoms with Crippen molar-refractivity contribution in [2.24, 2.45) is 0 Å². The fourth-order valence-electron chi connectivity index (χ4n) is 3.41. The van der Waals surface area contributed by atoms with Crippen molar-refractivity contribution < 1.29 is 17.0 Å². The van der Waals surface area contributed by atoms with Crippen molar-refractivity contribution in [2.45, 2.75) is 0 Å². The van der Waals surface area contributed by atoms with Gasteiger partial charge >= 0.3 is 0 Å². The highest BCUT2D eigenvalue weighted by Crippen LogP contribution is 2.37. The minimum Gasteiger partial charge on any atom is -1.00 e. The topological polar surface area (TPSA) is 6.25 Å². The molecule has 1 aliphatic carbocycles. The Morgan fingerprint density at radius 3 is 2.10 bits per heavy atom. The summed E-state index contributed by atoms with van der Waals surface area (Å²) < 4.78 is 3.46. The van der Waals surface area contributed by atoms with Gasteiger partial charge < -0.3 is 17.3 Å². The summed E-state index contributed by atoms with van der Waals surface area (Å²) in [5.74, 6) is 0. The third kappa shape index (κ3) is 4.36. The van der Waals surface area contributed by atoms with Crippen LogP contribution in [0.5, 0.6) is 0 Å². The normalized spacial score (nSPS) is 12.8. The molecule has 29 heavy (non-hydrogen) atoms. The lowest BCUT2D eigenvalue weighted by molar-refractivity contribution is -0.462. The van der Waals surface area contributed by atoms with Crippen LogP contribution in [0.15, 0.2) is 84.5 Å². The van der Waals surface area contributed by atoms with Gasteiger partial charge in [0.15, 0.2) is 5.71 Å². The van der Waals surface area contributed by atoms with Crippen molar-refractivity contribution in [1.82, 2.24) is 0 Å². The van der Waals surface area contributed by atoms with Crippen molar-refractivity contribution >= 4 is 38.4 Å². The number of halogens is 1. The van der Waals surface area contributed by atoms with Crippen molar-refractivity contribution in [3.8, 4) is 0 Å². The first-order chi connectivity index (χ1) is 13.5. The Balaban J connectivity index is 0.00000240. The van der Waals surface area contributed by atoms with E-state index in [0.29, 0.717) is 0 Å². The maximum atomic E-state index is 2.31. The number of anilines is 1. The summed E-state index contributed by atoms with van der Waals surface area (Å²) in [5, 5.41) is 1.30. The van der Waals surface area contributed by atoms with Crippen LogP contribution in [0, 0.1) is 0 Å². The van der Waals surface area contributed by atoms with Gasteiger partial charge in [0, 0.05) is 47.1 Å². The van der Waals surface area contributed by atoms with Crippen LogP contribution in [0.25, 0.3) is 15.7 Å². The lowest BCUT2D eigenvalue weighted by atomic mass is 9.94. The number of rotatable bonds is 3. The molecule has 0 saturated heterocycles. The summed E-state index contributed by atoms with van der Waals surface area (Å²) in [6, 6.07) is 19.8. The van der Waals surface area contributed by atoms with Crippen LogP contribution in [0.4, 0.5) is 5.69 Å². The highest BCUT2D eigenvalue weighted by molar-refractivity contribution is 7.20. The molecule has 0 unspecified atom stereocenters. The van der Waals surface area contributed by atoms with Gasteiger partial charge in [-0.1, -0.05) is 30.3 Å². The smallest absolute Gasteiger partial charge is 0.199 e. The molecule has 0 spiro atoms. The summed E-state index contributed by atoms with van der Waals surface area (Å²) in [4.78, 5) is 3.44. The van der Waals surface area contributed by atoms with Crippen molar-refractivity contribution in [3.63, 3.8) is 0 Å². The zero-order valence-corrected chi connectivity index (χ0v) is 18.8. The molecule has 4 heteroatoms. The van der Waals surface area contributed by atoms with E-state index in [1.807, 2.05) is 11.3 Å². The molecular weight excluding hydrogens is 396 g/mol. The molecule has 148 valence electrons. The minimum atomic E-state index is 0. The lowest BCUT2D eigenvalue weighted by Gasteiger charge is -2.15. The minimum absolute atomic E-state index is 0. The quantitative estimate of drug-likeness (QED) is 0.590. The van der Waals surface area contributed by atoms with Crippen LogP contribution in [0.1, 0.15) is 10.4 Å². The number of nitrogens with zero attached hydrogens (tertiary/aromatic N) is 2. The van der Waals surface area contributed by atoms with Gasteiger partial charge in [0.05, 0.1) is 0 Å². The Kier molecular flexibility index (Phi) is 6.41. The van der Waals surface area contributed by atoms with Crippen molar-refractivity contribution in [3.05, 3.63) is 94.9 Å². The summed E-state index contributed by atoms with van der Waals surface area (Å²) >= 11 is 1.86. The monoisotopic (exact) mass is 420 g/mol. The lowest BCUT2D eigenvalue weighted by Crippen LogP contribution is -3.00. The average molecular weight is 421 g/mol. The maximum Gasteiger partial charge on any atom is 0.199 e. The molecule has 4 rings (SSSR count). The second kappa shape index (κ2) is 8.81. The number of thiophene rings is 1. The number of hydrogen-bond donors (Lipinski definition) is 0. The summed E-state index contributed by atoms with van der Waals surface area (Å²) in [6.07, 6.45) is 8.84. The van der Waals surface area contributed by atoms with Crippen LogP contribution in [-0.2, 0) is 0 Å². The Labute approximate surface area is 183 Å². The fraction of sp³-hybridized carbons (Fsp3) is 0.160. The number of fused-ring (bicyclic) bond motifs is 1. The molecule has 0 N–H and O–H groups in total. The average Bonchev–Trinajstić information content (AvgIpc) is 3.12. The summed E-state index contributed by atoms with van der Waals surface area (Å²) in [7, 11) is 8.30. The Hall–Kier alpha value is -2.62. The number of allylic oxidation sites excluding steroid dienone is 5. The molecule has 2 aromatic carbocycles. The number of benzene rings is 2. The SMILES string of the molecule is CN(C)c1ccc(C(=C2C=CC(=[N+](C)C)C=C2)c2cc3ccccc3s2)cc1.[Cl-]. The van der Waals surface area contributed by atoms with Crippen LogP contribution in [0.2, 0.25) is 0 Å². The molecule has 3 aromatic rings. The highest BCUT2D eigenvalue weighted by atomic mass is 35.5. The van der Waals surface area contributed by atoms with E-state index in [2.05, 4.69) is 117 Å². The highest BCUT2D eigenvalue weighted by Gasteiger charge is 2.15. The third-order valence-electron chi connectivity index (χ3n) is 5.02. The molecule has 0 bridgehead atoms. The molecule has 0 atom stereocenters. The van der Waals surface area contributed by atoms with Gasteiger partial charge in [-0.3, -0.25) is 0 Å². The van der Waals surface area contributed by atoms with E-state index in [9.17, 15) is 0 Å². The van der Waals surface area contributed by atoms with E-state index in [-0.39, 0.29) is 12.4 Å². The van der Waals surface area contributed by atoms with Gasteiger partial charge in [-0.05, 0) is 52.9 Å². The first kappa shape index (κ1) is 21.1. The van der Waals surface area contributed by atoms with Gasteiger partial charge in [-0.25, -0.2) is 4.58 Å². The van der Waals surface area contributed by atoms with Crippen LogP contribution >= 0.6 is 11.3 Å². The van der Waals surface area contributed by atoms with E-state index in [0.717, 1.165) is 0 Å². The van der Waals surface area contributed by atoms with E-state index in [1.165, 1.54) is 43.1 Å². The van der Waals surface area contributed by atoms with Crippen LogP contribution < -0.4 is 17.3 Å². The summed E-state index contributed by atoms with van der Waals surface area (Å²) in [6.45, 7) is 0. The first-order valence-electron chi connectivity index (χ1n) is 9.44. The van der Waals surface area contributed by atoms with Crippen LogP contribution in [0.3, 0.4) is 0 Å². The van der Waals surface area contributed by atoms with Gasteiger partial charge in [0.2, 0.25) is 0 Å². The largest absolute Gasteiger partial charge is 1.00 e. The zero-order valence-electron chi connectivity index (χ0n) is 17.2. The predicted octanol–water partition coefficient (Wildman–Crippen LogP) is 2.61. The molecule has 1 aromatic heterocycles. The molecule has 0 fully saturated rings. The van der Waals surface area contributed by atoms with Crippen molar-refractivity contribution in [2.75, 3.05) is 33.1 Å². The molecule has 1 heterocycles. The summed E-state index contributed by atoms with van der Waals surface area (Å²) in [5.41, 5.74) is 6.20. The molecule has 0 saturated carbocycles. The van der Waals surface area contributed by atoms with E-state index in [1.54, 1.807) is 0 Å². The van der Waals surface area contributed by atoms with Gasteiger partial charge in [-0.15, -0.1) is 11.3 Å². The molecular formula is C25H25ClN2S. The van der Waals surface area contributed by atoms with E-state index < -0.39 is 0 Å².